The van der Waals surface area contributed by atoms with Crippen molar-refractivity contribution in [1.82, 2.24) is 10.6 Å². The highest BCUT2D eigenvalue weighted by Gasteiger charge is 2.32. The Labute approximate surface area is 149 Å². The number of nitrogens with one attached hydrogen (secondary N) is 2. The molecule has 0 saturated carbocycles. The molecule has 1 saturated heterocycles. The summed E-state index contributed by atoms with van der Waals surface area (Å²) in [5, 5.41) is 10.5. The molecule has 3 rings (SSSR count). The number of rotatable bonds is 3. The fraction of sp³-hybridized carbons (Fsp3) is 0.438. The lowest BCUT2D eigenvalue weighted by molar-refractivity contribution is -0.135. The van der Waals surface area contributed by atoms with Crippen molar-refractivity contribution in [2.75, 3.05) is 6.54 Å². The Bertz CT molecular complexity index is 693. The minimum atomic E-state index is -0.761. The Hall–Kier alpha value is -1.79. The molecule has 1 aromatic carbocycles. The van der Waals surface area contributed by atoms with Gasteiger partial charge in [-0.1, -0.05) is 34.4 Å². The van der Waals surface area contributed by atoms with E-state index in [2.05, 4.69) is 15.8 Å². The van der Waals surface area contributed by atoms with Gasteiger partial charge in [0, 0.05) is 23.6 Å². The summed E-state index contributed by atoms with van der Waals surface area (Å²) in [5.74, 6) is -0.498. The van der Waals surface area contributed by atoms with Gasteiger partial charge in [-0.3, -0.25) is 9.59 Å². The predicted molar refractivity (Wildman–Crippen MR) is 91.3 cm³/mol. The third-order valence-corrected chi connectivity index (χ3v) is 4.60. The van der Waals surface area contributed by atoms with Gasteiger partial charge in [0.25, 0.3) is 5.91 Å². The van der Waals surface area contributed by atoms with Crippen molar-refractivity contribution < 1.29 is 14.4 Å². The normalized spacial score (nSPS) is 23.8. The van der Waals surface area contributed by atoms with Gasteiger partial charge in [0.15, 0.2) is 0 Å². The number of benzene rings is 1. The molecule has 2 amide bonds. The molecule has 24 heavy (non-hydrogen) atoms. The molecule has 128 valence electrons. The lowest BCUT2D eigenvalue weighted by Crippen LogP contribution is -2.48. The monoisotopic (exact) mass is 369 g/mol. The van der Waals surface area contributed by atoms with Crippen LogP contribution in [0.3, 0.4) is 0 Å². The van der Waals surface area contributed by atoms with Crippen molar-refractivity contribution in [1.29, 1.82) is 0 Å². The molecule has 0 radical (unpaired) electrons. The lowest BCUT2D eigenvalue weighted by atomic mass is 10.0. The van der Waals surface area contributed by atoms with Crippen molar-refractivity contribution in [3.05, 3.63) is 33.8 Å². The molecule has 6 nitrogen and oxygen atoms in total. The van der Waals surface area contributed by atoms with Crippen molar-refractivity contribution in [2.45, 2.75) is 37.8 Å². The maximum absolute atomic E-state index is 12.3. The minimum Gasteiger partial charge on any atom is -0.382 e. The summed E-state index contributed by atoms with van der Waals surface area (Å²) in [4.78, 5) is 29.5. The van der Waals surface area contributed by atoms with E-state index in [4.69, 9.17) is 28.0 Å². The quantitative estimate of drug-likeness (QED) is 0.857. The minimum absolute atomic E-state index is 0.152. The number of hydrogen-bond donors (Lipinski definition) is 2. The van der Waals surface area contributed by atoms with E-state index < -0.39 is 12.1 Å². The summed E-state index contributed by atoms with van der Waals surface area (Å²) in [7, 11) is 0. The molecule has 8 heteroatoms. The van der Waals surface area contributed by atoms with Gasteiger partial charge in [-0.2, -0.15) is 0 Å². The number of carbonyl (C=O) groups excluding carboxylic acids is 2. The van der Waals surface area contributed by atoms with E-state index in [0.29, 0.717) is 40.7 Å². The first-order valence-corrected chi connectivity index (χ1v) is 8.56. The van der Waals surface area contributed by atoms with Gasteiger partial charge >= 0.3 is 0 Å². The molecule has 2 aliphatic heterocycles. The van der Waals surface area contributed by atoms with E-state index in [0.717, 1.165) is 12.8 Å². The van der Waals surface area contributed by atoms with Crippen LogP contribution in [0.4, 0.5) is 0 Å². The van der Waals surface area contributed by atoms with Crippen LogP contribution in [-0.4, -0.2) is 36.2 Å². The number of nitrogens with zero attached hydrogens (tertiary/aromatic N) is 1. The molecule has 2 N–H and O–H groups in total. The van der Waals surface area contributed by atoms with Crippen LogP contribution in [0.15, 0.2) is 23.4 Å². The molecular weight excluding hydrogens is 353 g/mol. The summed E-state index contributed by atoms with van der Waals surface area (Å²) in [6.45, 7) is 0.646. The second-order valence-electron chi connectivity index (χ2n) is 5.81. The zero-order chi connectivity index (χ0) is 17.1. The van der Waals surface area contributed by atoms with Crippen LogP contribution in [0.25, 0.3) is 0 Å². The summed E-state index contributed by atoms with van der Waals surface area (Å²) in [6.07, 6.45) is 1.96. The molecule has 2 atom stereocenters. The predicted octanol–water partition coefficient (Wildman–Crippen LogP) is 2.27. The Morgan fingerprint density at radius 3 is 2.96 bits per heavy atom. The van der Waals surface area contributed by atoms with Crippen LogP contribution >= 0.6 is 23.2 Å². The molecule has 1 aromatic rings. The van der Waals surface area contributed by atoms with E-state index in [1.165, 1.54) is 0 Å². The summed E-state index contributed by atoms with van der Waals surface area (Å²) in [5.41, 5.74) is 1.27. The molecule has 0 spiro atoms. The molecule has 0 bridgehead atoms. The summed E-state index contributed by atoms with van der Waals surface area (Å²) in [6, 6.07) is 4.54. The first-order valence-electron chi connectivity index (χ1n) is 7.81. The van der Waals surface area contributed by atoms with Crippen molar-refractivity contribution >= 4 is 40.7 Å². The molecule has 2 aliphatic rings. The van der Waals surface area contributed by atoms with Crippen LogP contribution in [0.2, 0.25) is 10.0 Å². The van der Waals surface area contributed by atoms with E-state index in [-0.39, 0.29) is 11.8 Å². The fourth-order valence-corrected chi connectivity index (χ4v) is 3.26. The van der Waals surface area contributed by atoms with Gasteiger partial charge in [-0.25, -0.2) is 0 Å². The molecule has 1 fully saturated rings. The zero-order valence-corrected chi connectivity index (χ0v) is 14.4. The average molecular weight is 370 g/mol. The highest BCUT2D eigenvalue weighted by atomic mass is 35.5. The number of carbonyl (C=O) groups is 2. The standard InChI is InChI=1S/C16H17Cl2N3O3/c17-9-4-5-10(11(18)7-9)13-8-14(24-21-13)16(23)20-12-3-1-2-6-19-15(12)22/h4-5,7,12,14H,1-3,6,8H2,(H,19,22)(H,20,23). The zero-order valence-electron chi connectivity index (χ0n) is 12.9. The van der Waals surface area contributed by atoms with Gasteiger partial charge in [-0.05, 0) is 31.4 Å². The second kappa shape index (κ2) is 7.40. The van der Waals surface area contributed by atoms with Crippen LogP contribution in [-0.2, 0) is 14.4 Å². The van der Waals surface area contributed by atoms with Crippen LogP contribution in [0, 0.1) is 0 Å². The smallest absolute Gasteiger partial charge is 0.264 e. The van der Waals surface area contributed by atoms with Gasteiger partial charge in [-0.15, -0.1) is 0 Å². The van der Waals surface area contributed by atoms with E-state index >= 15 is 0 Å². The van der Waals surface area contributed by atoms with Crippen LogP contribution in [0.5, 0.6) is 0 Å². The third kappa shape index (κ3) is 3.82. The Morgan fingerprint density at radius 1 is 1.33 bits per heavy atom. The molecule has 0 aromatic heterocycles. The Morgan fingerprint density at radius 2 is 2.17 bits per heavy atom. The number of hydrogen-bond acceptors (Lipinski definition) is 4. The lowest BCUT2D eigenvalue weighted by Gasteiger charge is -2.17. The van der Waals surface area contributed by atoms with E-state index in [1.54, 1.807) is 18.2 Å². The summed E-state index contributed by atoms with van der Waals surface area (Å²) < 4.78 is 0. The van der Waals surface area contributed by atoms with Crippen LogP contribution < -0.4 is 10.6 Å². The number of amides is 2. The van der Waals surface area contributed by atoms with Crippen molar-refractivity contribution in [3.8, 4) is 0 Å². The van der Waals surface area contributed by atoms with Gasteiger partial charge in [0.2, 0.25) is 12.0 Å². The van der Waals surface area contributed by atoms with Gasteiger partial charge < -0.3 is 15.5 Å². The van der Waals surface area contributed by atoms with Gasteiger partial charge in [0.05, 0.1) is 10.7 Å². The maximum atomic E-state index is 12.3. The largest absolute Gasteiger partial charge is 0.382 e. The topological polar surface area (TPSA) is 79.8 Å². The van der Waals surface area contributed by atoms with Crippen molar-refractivity contribution in [2.24, 2.45) is 5.16 Å². The van der Waals surface area contributed by atoms with Crippen molar-refractivity contribution in [3.63, 3.8) is 0 Å². The Kier molecular flexibility index (Phi) is 5.26. The van der Waals surface area contributed by atoms with Crippen LogP contribution in [0.1, 0.15) is 31.2 Å². The third-order valence-electron chi connectivity index (χ3n) is 4.06. The first-order chi connectivity index (χ1) is 11.5. The molecule has 0 aliphatic carbocycles. The van der Waals surface area contributed by atoms with Gasteiger partial charge in [0.1, 0.15) is 6.04 Å². The molecular formula is C16H17Cl2N3O3. The van der Waals surface area contributed by atoms with E-state index in [9.17, 15) is 9.59 Å². The first kappa shape index (κ1) is 17.0. The SMILES string of the molecule is O=C1NCCCCC1NC(=O)C1CC(c2ccc(Cl)cc2Cl)=NO1. The molecule has 2 heterocycles. The fourth-order valence-electron chi connectivity index (χ4n) is 2.74. The number of halogens is 2. The summed E-state index contributed by atoms with van der Waals surface area (Å²) >= 11 is 12.0. The Balaban J connectivity index is 1.61. The second-order valence-corrected chi connectivity index (χ2v) is 6.65. The van der Waals surface area contributed by atoms with E-state index in [1.807, 2.05) is 0 Å². The maximum Gasteiger partial charge on any atom is 0.264 e. The highest BCUT2D eigenvalue weighted by Crippen LogP contribution is 2.26. The number of oxime groups is 1. The highest BCUT2D eigenvalue weighted by molar-refractivity contribution is 6.37. The molecule has 2 unspecified atom stereocenters. The average Bonchev–Trinajstić information content (AvgIpc) is 2.94.